The van der Waals surface area contributed by atoms with Gasteiger partial charge in [0.15, 0.2) is 6.54 Å². The molecule has 5 nitrogen and oxygen atoms in total. The number of amides is 1. The Kier molecular flexibility index (Phi) is 5.24. The maximum atomic E-state index is 11.7. The van der Waals surface area contributed by atoms with E-state index in [-0.39, 0.29) is 5.91 Å². The number of rotatable bonds is 5. The van der Waals surface area contributed by atoms with E-state index >= 15 is 0 Å². The Morgan fingerprint density at radius 3 is 2.55 bits per heavy atom. The number of carbonyl (C=O) groups is 1. The van der Waals surface area contributed by atoms with Gasteiger partial charge >= 0.3 is 0 Å². The zero-order chi connectivity index (χ0) is 14.4. The molecular weight excluding hydrogens is 254 g/mol. The van der Waals surface area contributed by atoms with Gasteiger partial charge in [-0.1, -0.05) is 6.92 Å². The standard InChI is InChI=1S/C15H23N3O2/c1-2-7-16-15(20)12-17-8-10-18(11-9-17)13-3-5-14(19)6-4-13/h3-6,19H,2,7-12H2,1H3,(H,16,20)/p+1. The van der Waals surface area contributed by atoms with E-state index in [1.165, 1.54) is 4.90 Å². The molecule has 0 bridgehead atoms. The molecule has 20 heavy (non-hydrogen) atoms. The summed E-state index contributed by atoms with van der Waals surface area (Å²) in [4.78, 5) is 15.3. The molecule has 110 valence electrons. The van der Waals surface area contributed by atoms with Crippen molar-refractivity contribution < 1.29 is 14.8 Å². The molecule has 1 fully saturated rings. The predicted molar refractivity (Wildman–Crippen MR) is 79.2 cm³/mol. The van der Waals surface area contributed by atoms with Crippen molar-refractivity contribution in [1.82, 2.24) is 5.32 Å². The van der Waals surface area contributed by atoms with Gasteiger partial charge in [-0.2, -0.15) is 0 Å². The van der Waals surface area contributed by atoms with Crippen LogP contribution in [-0.4, -0.2) is 50.3 Å². The number of anilines is 1. The smallest absolute Gasteiger partial charge is 0.275 e. The van der Waals surface area contributed by atoms with Crippen LogP contribution in [0.4, 0.5) is 5.69 Å². The highest BCUT2D eigenvalue weighted by Crippen LogP contribution is 2.17. The van der Waals surface area contributed by atoms with E-state index in [4.69, 9.17) is 0 Å². The molecule has 1 aromatic rings. The highest BCUT2D eigenvalue weighted by atomic mass is 16.3. The lowest BCUT2D eigenvalue weighted by Crippen LogP contribution is -3.15. The predicted octanol–water partition coefficient (Wildman–Crippen LogP) is -0.377. The highest BCUT2D eigenvalue weighted by molar-refractivity contribution is 5.76. The van der Waals surface area contributed by atoms with E-state index in [1.54, 1.807) is 12.1 Å². The summed E-state index contributed by atoms with van der Waals surface area (Å²) in [5.41, 5.74) is 1.14. The van der Waals surface area contributed by atoms with Crippen molar-refractivity contribution in [3.05, 3.63) is 24.3 Å². The van der Waals surface area contributed by atoms with Gasteiger partial charge in [0.1, 0.15) is 5.75 Å². The molecule has 2 rings (SSSR count). The first-order chi connectivity index (χ1) is 9.69. The first-order valence-electron chi connectivity index (χ1n) is 7.33. The molecule has 0 unspecified atom stereocenters. The molecule has 0 atom stereocenters. The Balaban J connectivity index is 1.77. The number of carbonyl (C=O) groups excluding carboxylic acids is 1. The molecule has 1 aliphatic heterocycles. The number of phenolic OH excluding ortho intramolecular Hbond substituents is 1. The van der Waals surface area contributed by atoms with Crippen molar-refractivity contribution in [1.29, 1.82) is 0 Å². The number of piperazine rings is 1. The molecule has 1 aromatic carbocycles. The first-order valence-corrected chi connectivity index (χ1v) is 7.33. The second-order valence-corrected chi connectivity index (χ2v) is 5.28. The third-order valence-electron chi connectivity index (χ3n) is 3.67. The Morgan fingerprint density at radius 1 is 1.30 bits per heavy atom. The van der Waals surface area contributed by atoms with Crippen LogP contribution in [0.15, 0.2) is 24.3 Å². The van der Waals surface area contributed by atoms with Crippen molar-refractivity contribution >= 4 is 11.6 Å². The average Bonchev–Trinajstić information content (AvgIpc) is 2.47. The van der Waals surface area contributed by atoms with Gasteiger partial charge in [0.05, 0.1) is 26.2 Å². The summed E-state index contributed by atoms with van der Waals surface area (Å²) < 4.78 is 0. The lowest BCUT2D eigenvalue weighted by Gasteiger charge is -2.33. The quantitative estimate of drug-likeness (QED) is 0.688. The molecule has 3 N–H and O–H groups in total. The van der Waals surface area contributed by atoms with Crippen molar-refractivity contribution in [2.45, 2.75) is 13.3 Å². The van der Waals surface area contributed by atoms with Crippen LogP contribution in [0.5, 0.6) is 5.75 Å². The zero-order valence-corrected chi connectivity index (χ0v) is 12.1. The summed E-state index contributed by atoms with van der Waals surface area (Å²) in [7, 11) is 0. The second kappa shape index (κ2) is 7.14. The Hall–Kier alpha value is -1.75. The molecule has 0 aliphatic carbocycles. The molecule has 0 aromatic heterocycles. The Morgan fingerprint density at radius 2 is 1.95 bits per heavy atom. The fourth-order valence-electron chi connectivity index (χ4n) is 2.48. The van der Waals surface area contributed by atoms with Gasteiger partial charge in [0.2, 0.25) is 0 Å². The van der Waals surface area contributed by atoms with Crippen LogP contribution in [0.25, 0.3) is 0 Å². The Labute approximate surface area is 120 Å². The van der Waals surface area contributed by atoms with Crippen LogP contribution < -0.4 is 15.1 Å². The second-order valence-electron chi connectivity index (χ2n) is 5.28. The summed E-state index contributed by atoms with van der Waals surface area (Å²) in [5, 5.41) is 12.2. The molecule has 0 spiro atoms. The highest BCUT2D eigenvalue weighted by Gasteiger charge is 2.22. The molecule has 0 saturated carbocycles. The van der Waals surface area contributed by atoms with E-state index in [0.717, 1.165) is 44.8 Å². The summed E-state index contributed by atoms with van der Waals surface area (Å²) in [6.45, 7) is 7.24. The molecule has 1 heterocycles. The monoisotopic (exact) mass is 278 g/mol. The lowest BCUT2D eigenvalue weighted by atomic mass is 10.2. The van der Waals surface area contributed by atoms with Crippen LogP contribution in [-0.2, 0) is 4.79 Å². The number of hydrogen-bond acceptors (Lipinski definition) is 3. The summed E-state index contributed by atoms with van der Waals surface area (Å²) in [6.07, 6.45) is 0.982. The molecule has 5 heteroatoms. The van der Waals surface area contributed by atoms with Crippen LogP contribution >= 0.6 is 0 Å². The first kappa shape index (κ1) is 14.7. The van der Waals surface area contributed by atoms with Crippen molar-refractivity contribution in [2.75, 3.05) is 44.2 Å². The maximum absolute atomic E-state index is 11.7. The van der Waals surface area contributed by atoms with Gasteiger partial charge in [-0.05, 0) is 30.7 Å². The topological polar surface area (TPSA) is 57.0 Å². The molecule has 1 aliphatic rings. The van der Waals surface area contributed by atoms with Crippen LogP contribution in [0.3, 0.4) is 0 Å². The third-order valence-corrected chi connectivity index (χ3v) is 3.67. The van der Waals surface area contributed by atoms with E-state index in [1.807, 2.05) is 12.1 Å². The van der Waals surface area contributed by atoms with Crippen molar-refractivity contribution in [3.8, 4) is 5.75 Å². The number of nitrogens with zero attached hydrogens (tertiary/aromatic N) is 1. The van der Waals surface area contributed by atoms with Crippen LogP contribution in [0, 0.1) is 0 Å². The fourth-order valence-corrected chi connectivity index (χ4v) is 2.48. The number of aromatic hydroxyl groups is 1. The van der Waals surface area contributed by atoms with E-state index in [0.29, 0.717) is 12.3 Å². The molecule has 1 saturated heterocycles. The largest absolute Gasteiger partial charge is 0.508 e. The van der Waals surface area contributed by atoms with Gasteiger partial charge in [-0.3, -0.25) is 4.79 Å². The normalized spacial score (nSPS) is 16.1. The lowest BCUT2D eigenvalue weighted by molar-refractivity contribution is -0.892. The van der Waals surface area contributed by atoms with Crippen molar-refractivity contribution in [3.63, 3.8) is 0 Å². The minimum Gasteiger partial charge on any atom is -0.508 e. The third kappa shape index (κ3) is 4.13. The zero-order valence-electron chi connectivity index (χ0n) is 12.1. The Bertz CT molecular complexity index is 425. The number of hydrogen-bond donors (Lipinski definition) is 3. The van der Waals surface area contributed by atoms with Gasteiger partial charge in [0, 0.05) is 12.2 Å². The maximum Gasteiger partial charge on any atom is 0.275 e. The van der Waals surface area contributed by atoms with E-state index in [2.05, 4.69) is 17.1 Å². The fraction of sp³-hybridized carbons (Fsp3) is 0.533. The van der Waals surface area contributed by atoms with Gasteiger partial charge < -0.3 is 20.2 Å². The van der Waals surface area contributed by atoms with Crippen LogP contribution in [0.1, 0.15) is 13.3 Å². The number of nitrogens with one attached hydrogen (secondary N) is 2. The van der Waals surface area contributed by atoms with E-state index < -0.39 is 0 Å². The number of phenols is 1. The summed E-state index contributed by atoms with van der Waals surface area (Å²) in [6, 6.07) is 7.31. The van der Waals surface area contributed by atoms with Gasteiger partial charge in [-0.25, -0.2) is 0 Å². The molecule has 0 radical (unpaired) electrons. The number of benzene rings is 1. The molecule has 1 amide bonds. The summed E-state index contributed by atoms with van der Waals surface area (Å²) in [5.74, 6) is 0.450. The van der Waals surface area contributed by atoms with E-state index in [9.17, 15) is 9.90 Å². The van der Waals surface area contributed by atoms with Gasteiger partial charge in [-0.15, -0.1) is 0 Å². The summed E-state index contributed by atoms with van der Waals surface area (Å²) >= 11 is 0. The minimum absolute atomic E-state index is 0.153. The molecular formula is C15H24N3O2+. The minimum atomic E-state index is 0.153. The SMILES string of the molecule is CCCNC(=O)C[NH+]1CCN(c2ccc(O)cc2)CC1. The van der Waals surface area contributed by atoms with Crippen molar-refractivity contribution in [2.24, 2.45) is 0 Å². The average molecular weight is 278 g/mol. The van der Waals surface area contributed by atoms with Gasteiger partial charge in [0.25, 0.3) is 5.91 Å². The number of quaternary nitrogens is 1. The van der Waals surface area contributed by atoms with Crippen LogP contribution in [0.2, 0.25) is 0 Å².